The zero-order chi connectivity index (χ0) is 21.3. The Hall–Kier alpha value is -3.34. The number of anilines is 1. The average molecular weight is 402 g/mol. The Balaban J connectivity index is 1.54. The highest BCUT2D eigenvalue weighted by Crippen LogP contribution is 2.33. The van der Waals surface area contributed by atoms with Crippen LogP contribution in [-0.4, -0.2) is 27.8 Å². The van der Waals surface area contributed by atoms with E-state index >= 15 is 0 Å². The summed E-state index contributed by atoms with van der Waals surface area (Å²) in [5, 5.41) is 2.87. The maximum Gasteiger partial charge on any atom is 0.233 e. The lowest BCUT2D eigenvalue weighted by Gasteiger charge is -2.37. The fourth-order valence-electron chi connectivity index (χ4n) is 4.11. The third-order valence-corrected chi connectivity index (χ3v) is 5.82. The smallest absolute Gasteiger partial charge is 0.233 e. The molecule has 0 spiro atoms. The van der Waals surface area contributed by atoms with E-state index in [1.807, 2.05) is 55.3 Å². The molecule has 0 radical (unpaired) electrons. The van der Waals surface area contributed by atoms with Gasteiger partial charge in [-0.1, -0.05) is 35.9 Å². The molecule has 154 valence electrons. The Kier molecular flexibility index (Phi) is 5.44. The monoisotopic (exact) mass is 401 g/mol. The number of nitrogens with zero attached hydrogens (tertiary/aromatic N) is 2. The first-order chi connectivity index (χ1) is 14.4. The van der Waals surface area contributed by atoms with E-state index < -0.39 is 0 Å². The van der Waals surface area contributed by atoms with Gasteiger partial charge in [0.2, 0.25) is 11.8 Å². The number of fused-ring (bicyclic) bond motifs is 1. The van der Waals surface area contributed by atoms with Gasteiger partial charge in [-0.15, -0.1) is 0 Å². The SMILES string of the molecule is Cc1cccc(C2c3cccn3CCN2C(=O)CC(=O)Nc2ccc(C)c(C)c2)c1. The van der Waals surface area contributed by atoms with E-state index in [0.717, 1.165) is 34.6 Å². The molecule has 0 saturated heterocycles. The van der Waals surface area contributed by atoms with Gasteiger partial charge in [0, 0.05) is 30.7 Å². The molecule has 0 saturated carbocycles. The van der Waals surface area contributed by atoms with Crippen LogP contribution >= 0.6 is 0 Å². The van der Waals surface area contributed by atoms with Crippen molar-refractivity contribution in [1.82, 2.24) is 9.47 Å². The molecular weight excluding hydrogens is 374 g/mol. The Morgan fingerprint density at radius 1 is 0.967 bits per heavy atom. The van der Waals surface area contributed by atoms with Crippen LogP contribution in [0.15, 0.2) is 60.8 Å². The first-order valence-electron chi connectivity index (χ1n) is 10.3. The molecule has 1 N–H and O–H groups in total. The van der Waals surface area contributed by atoms with Crippen LogP contribution in [0.4, 0.5) is 5.69 Å². The maximum absolute atomic E-state index is 13.2. The average Bonchev–Trinajstić information content (AvgIpc) is 3.18. The van der Waals surface area contributed by atoms with Crippen LogP contribution in [0.3, 0.4) is 0 Å². The first kappa shape index (κ1) is 20.0. The molecule has 1 aromatic heterocycles. The predicted octanol–water partition coefficient (Wildman–Crippen LogP) is 4.37. The molecule has 1 unspecified atom stereocenters. The first-order valence-corrected chi connectivity index (χ1v) is 10.3. The van der Waals surface area contributed by atoms with Crippen LogP contribution in [-0.2, 0) is 16.1 Å². The lowest BCUT2D eigenvalue weighted by atomic mass is 9.98. The van der Waals surface area contributed by atoms with Gasteiger partial charge in [0.25, 0.3) is 0 Å². The number of hydrogen-bond acceptors (Lipinski definition) is 2. The van der Waals surface area contributed by atoms with Crippen LogP contribution in [0.5, 0.6) is 0 Å². The van der Waals surface area contributed by atoms with E-state index in [1.54, 1.807) is 0 Å². The summed E-state index contributed by atoms with van der Waals surface area (Å²) < 4.78 is 2.19. The number of aryl methyl sites for hydroxylation is 3. The Morgan fingerprint density at radius 2 is 1.80 bits per heavy atom. The van der Waals surface area contributed by atoms with Gasteiger partial charge in [0.15, 0.2) is 0 Å². The summed E-state index contributed by atoms with van der Waals surface area (Å²) in [6, 6.07) is 17.9. The summed E-state index contributed by atoms with van der Waals surface area (Å²) >= 11 is 0. The maximum atomic E-state index is 13.2. The molecule has 30 heavy (non-hydrogen) atoms. The highest BCUT2D eigenvalue weighted by atomic mass is 16.2. The van der Waals surface area contributed by atoms with E-state index in [4.69, 9.17) is 0 Å². The topological polar surface area (TPSA) is 54.3 Å². The predicted molar refractivity (Wildman–Crippen MR) is 118 cm³/mol. The minimum Gasteiger partial charge on any atom is -0.348 e. The van der Waals surface area contributed by atoms with Crippen molar-refractivity contribution < 1.29 is 9.59 Å². The van der Waals surface area contributed by atoms with E-state index in [2.05, 4.69) is 41.1 Å². The minimum atomic E-state index is -0.285. The summed E-state index contributed by atoms with van der Waals surface area (Å²) in [5.41, 5.74) is 6.29. The summed E-state index contributed by atoms with van der Waals surface area (Å²) in [5.74, 6) is -0.442. The van der Waals surface area contributed by atoms with E-state index in [-0.39, 0.29) is 24.3 Å². The van der Waals surface area contributed by atoms with Crippen LogP contribution < -0.4 is 5.32 Å². The van der Waals surface area contributed by atoms with Crippen molar-refractivity contribution in [3.63, 3.8) is 0 Å². The quantitative estimate of drug-likeness (QED) is 0.660. The van der Waals surface area contributed by atoms with Crippen molar-refractivity contribution in [1.29, 1.82) is 0 Å². The highest BCUT2D eigenvalue weighted by molar-refractivity contribution is 6.03. The molecule has 0 bridgehead atoms. The normalized spacial score (nSPS) is 15.6. The lowest BCUT2D eigenvalue weighted by Crippen LogP contribution is -2.43. The summed E-state index contributed by atoms with van der Waals surface area (Å²) in [4.78, 5) is 27.6. The number of amides is 2. The third kappa shape index (κ3) is 4.01. The molecule has 5 heteroatoms. The molecule has 0 fully saturated rings. The Bertz CT molecular complexity index is 1100. The highest BCUT2D eigenvalue weighted by Gasteiger charge is 2.32. The van der Waals surface area contributed by atoms with Gasteiger partial charge >= 0.3 is 0 Å². The number of carbonyl (C=O) groups is 2. The van der Waals surface area contributed by atoms with Gasteiger partial charge in [-0.05, 0) is 61.7 Å². The van der Waals surface area contributed by atoms with Crippen molar-refractivity contribution in [2.45, 2.75) is 39.8 Å². The number of benzene rings is 2. The number of rotatable bonds is 4. The van der Waals surface area contributed by atoms with E-state index in [0.29, 0.717) is 6.54 Å². The van der Waals surface area contributed by atoms with Crippen LogP contribution in [0.1, 0.15) is 40.4 Å². The second-order valence-corrected chi connectivity index (χ2v) is 8.05. The minimum absolute atomic E-state index is 0.157. The largest absolute Gasteiger partial charge is 0.348 e. The van der Waals surface area contributed by atoms with Gasteiger partial charge < -0.3 is 14.8 Å². The number of carbonyl (C=O) groups excluding carboxylic acids is 2. The van der Waals surface area contributed by atoms with Gasteiger partial charge in [-0.3, -0.25) is 9.59 Å². The summed E-state index contributed by atoms with van der Waals surface area (Å²) in [6.45, 7) is 7.40. The molecule has 3 aromatic rings. The molecule has 1 aliphatic rings. The van der Waals surface area contributed by atoms with E-state index in [9.17, 15) is 9.59 Å². The van der Waals surface area contributed by atoms with Gasteiger partial charge in [-0.2, -0.15) is 0 Å². The third-order valence-electron chi connectivity index (χ3n) is 5.82. The van der Waals surface area contributed by atoms with Crippen molar-refractivity contribution >= 4 is 17.5 Å². The Morgan fingerprint density at radius 3 is 2.57 bits per heavy atom. The fraction of sp³-hybridized carbons (Fsp3) is 0.280. The second kappa shape index (κ2) is 8.19. The molecule has 1 aliphatic heterocycles. The van der Waals surface area contributed by atoms with Crippen molar-refractivity contribution in [3.8, 4) is 0 Å². The van der Waals surface area contributed by atoms with Gasteiger partial charge in [0.1, 0.15) is 6.42 Å². The molecule has 2 heterocycles. The van der Waals surface area contributed by atoms with Crippen LogP contribution in [0.2, 0.25) is 0 Å². The molecule has 2 aromatic carbocycles. The molecule has 1 atom stereocenters. The zero-order valence-electron chi connectivity index (χ0n) is 17.7. The summed E-state index contributed by atoms with van der Waals surface area (Å²) in [7, 11) is 0. The van der Waals surface area contributed by atoms with Gasteiger partial charge in [0.05, 0.1) is 6.04 Å². The Labute approximate surface area is 177 Å². The number of nitrogens with one attached hydrogen (secondary N) is 1. The number of hydrogen-bond donors (Lipinski definition) is 1. The molecular formula is C25H27N3O2. The fourth-order valence-corrected chi connectivity index (χ4v) is 4.11. The second-order valence-electron chi connectivity index (χ2n) is 8.05. The van der Waals surface area contributed by atoms with Crippen LogP contribution in [0, 0.1) is 20.8 Å². The molecule has 2 amide bonds. The van der Waals surface area contributed by atoms with Gasteiger partial charge in [-0.25, -0.2) is 0 Å². The summed E-state index contributed by atoms with van der Waals surface area (Å²) in [6.07, 6.45) is 1.88. The standard InChI is InChI=1S/C25H27N3O2/c1-17-6-4-7-20(14-17)25-22-8-5-11-27(22)12-13-28(25)24(30)16-23(29)26-21-10-9-18(2)19(3)15-21/h4-11,14-15,25H,12-13,16H2,1-3H3,(H,26,29). The zero-order valence-corrected chi connectivity index (χ0v) is 17.7. The van der Waals surface area contributed by atoms with Crippen molar-refractivity contribution in [2.24, 2.45) is 0 Å². The lowest BCUT2D eigenvalue weighted by molar-refractivity contribution is -0.136. The molecule has 0 aliphatic carbocycles. The van der Waals surface area contributed by atoms with Crippen LogP contribution in [0.25, 0.3) is 0 Å². The molecule has 4 rings (SSSR count). The van der Waals surface area contributed by atoms with Crippen molar-refractivity contribution in [2.75, 3.05) is 11.9 Å². The number of aromatic nitrogens is 1. The van der Waals surface area contributed by atoms with E-state index in [1.165, 1.54) is 5.56 Å². The van der Waals surface area contributed by atoms with Crippen molar-refractivity contribution in [3.05, 3.63) is 88.7 Å². The molecule has 5 nitrogen and oxygen atoms in total.